The van der Waals surface area contributed by atoms with Crippen LogP contribution in [0.15, 0.2) is 0 Å². The fourth-order valence-electron chi connectivity index (χ4n) is 8.18. The standard InChI is InChI=1S/C22H38O.Ac/c1-13-8-9-21(4)16(10-13)11-14(2)20-17-6-7-19(23)22(17,5)15(3)12-18(20)21;/h13-20,23H,6-12H2,1-5H3;. The third-order valence-corrected chi connectivity index (χ3v) is 9.82. The fraction of sp³-hybridized carbons (Fsp3) is 1.00. The molecule has 10 unspecified atom stereocenters. The minimum Gasteiger partial charge on any atom is -0.393 e. The zero-order chi connectivity index (χ0) is 16.6. The van der Waals surface area contributed by atoms with Crippen molar-refractivity contribution in [2.24, 2.45) is 52.3 Å². The van der Waals surface area contributed by atoms with Gasteiger partial charge in [0.15, 0.2) is 0 Å². The summed E-state index contributed by atoms with van der Waals surface area (Å²) < 4.78 is 0. The average Bonchev–Trinajstić information content (AvgIpc) is 2.80. The van der Waals surface area contributed by atoms with Crippen LogP contribution in [-0.2, 0) is 0 Å². The van der Waals surface area contributed by atoms with E-state index < -0.39 is 0 Å². The summed E-state index contributed by atoms with van der Waals surface area (Å²) >= 11 is 0. The monoisotopic (exact) mass is 545 g/mol. The molecule has 0 spiro atoms. The molecule has 24 heavy (non-hydrogen) atoms. The van der Waals surface area contributed by atoms with Crippen LogP contribution in [-0.4, -0.2) is 11.2 Å². The molecule has 4 fully saturated rings. The molecule has 4 aliphatic carbocycles. The molecule has 10 atom stereocenters. The first-order chi connectivity index (χ1) is 10.8. The summed E-state index contributed by atoms with van der Waals surface area (Å²) in [5, 5.41) is 10.8. The third kappa shape index (κ3) is 2.66. The molecular weight excluding hydrogens is 507 g/mol. The molecule has 0 aromatic heterocycles. The Bertz CT molecular complexity index is 479. The molecule has 1 N–H and O–H groups in total. The van der Waals surface area contributed by atoms with Gasteiger partial charge in [-0.3, -0.25) is 0 Å². The molecule has 0 aliphatic heterocycles. The molecule has 0 bridgehead atoms. The van der Waals surface area contributed by atoms with Crippen molar-refractivity contribution in [3.05, 3.63) is 0 Å². The Labute approximate surface area is 185 Å². The van der Waals surface area contributed by atoms with Gasteiger partial charge in [-0.1, -0.05) is 41.0 Å². The minimum atomic E-state index is -0.0486. The van der Waals surface area contributed by atoms with E-state index in [4.69, 9.17) is 0 Å². The van der Waals surface area contributed by atoms with Crippen LogP contribution >= 0.6 is 0 Å². The Balaban J connectivity index is 0.00000169. The van der Waals surface area contributed by atoms with Crippen LogP contribution in [0.25, 0.3) is 0 Å². The Morgan fingerprint density at radius 1 is 0.875 bits per heavy atom. The molecule has 1 nitrogen and oxygen atoms in total. The molecule has 0 saturated heterocycles. The molecule has 1 radical (unpaired) electrons. The summed E-state index contributed by atoms with van der Waals surface area (Å²) in [7, 11) is 0. The van der Waals surface area contributed by atoms with Crippen molar-refractivity contribution in [2.45, 2.75) is 85.7 Å². The molecule has 4 aliphatic rings. The van der Waals surface area contributed by atoms with E-state index in [9.17, 15) is 5.11 Å². The SMILES string of the molecule is CC1CCC2(C)C(C1)CC(C)C1C2CC(C)C2(C)C(O)CCC12.[Ac]. The van der Waals surface area contributed by atoms with Crippen molar-refractivity contribution >= 4 is 0 Å². The first kappa shape index (κ1) is 20.1. The topological polar surface area (TPSA) is 20.2 Å². The Morgan fingerprint density at radius 2 is 1.58 bits per heavy atom. The summed E-state index contributed by atoms with van der Waals surface area (Å²) in [5.74, 6) is 6.03. The first-order valence-corrected chi connectivity index (χ1v) is 10.5. The van der Waals surface area contributed by atoms with Crippen molar-refractivity contribution in [2.75, 3.05) is 0 Å². The zero-order valence-corrected chi connectivity index (χ0v) is 21.3. The van der Waals surface area contributed by atoms with Gasteiger partial charge in [0, 0.05) is 44.1 Å². The van der Waals surface area contributed by atoms with Crippen LogP contribution in [0.1, 0.15) is 79.6 Å². The van der Waals surface area contributed by atoms with Crippen LogP contribution in [0.5, 0.6) is 0 Å². The van der Waals surface area contributed by atoms with Gasteiger partial charge in [0.1, 0.15) is 0 Å². The molecule has 0 heterocycles. The van der Waals surface area contributed by atoms with Gasteiger partial charge in [-0.25, -0.2) is 0 Å². The van der Waals surface area contributed by atoms with E-state index in [1.807, 2.05) is 0 Å². The molecule has 2 heteroatoms. The summed E-state index contributed by atoms with van der Waals surface area (Å²) in [5.41, 5.74) is 0.785. The number of rotatable bonds is 0. The molecule has 0 aromatic rings. The van der Waals surface area contributed by atoms with E-state index in [1.165, 1.54) is 38.5 Å². The zero-order valence-electron chi connectivity index (χ0n) is 16.6. The Kier molecular flexibility index (Phi) is 5.69. The van der Waals surface area contributed by atoms with Crippen LogP contribution in [0.4, 0.5) is 0 Å². The van der Waals surface area contributed by atoms with Crippen LogP contribution in [0.2, 0.25) is 0 Å². The number of hydrogen-bond donors (Lipinski definition) is 1. The molecular formula is C22H38AcO. The van der Waals surface area contributed by atoms with Crippen LogP contribution in [0.3, 0.4) is 0 Å². The smallest absolute Gasteiger partial charge is 0.0599 e. The molecule has 0 amide bonds. The largest absolute Gasteiger partial charge is 0.393 e. The van der Waals surface area contributed by atoms with Gasteiger partial charge < -0.3 is 5.11 Å². The van der Waals surface area contributed by atoms with Crippen molar-refractivity contribution < 1.29 is 49.2 Å². The van der Waals surface area contributed by atoms with E-state index in [0.29, 0.717) is 11.3 Å². The molecule has 4 saturated carbocycles. The van der Waals surface area contributed by atoms with E-state index >= 15 is 0 Å². The van der Waals surface area contributed by atoms with Crippen molar-refractivity contribution in [3.63, 3.8) is 0 Å². The van der Waals surface area contributed by atoms with Crippen molar-refractivity contribution in [1.29, 1.82) is 0 Å². The summed E-state index contributed by atoms with van der Waals surface area (Å²) in [6, 6.07) is 0. The van der Waals surface area contributed by atoms with E-state index in [1.54, 1.807) is 0 Å². The van der Waals surface area contributed by atoms with Crippen molar-refractivity contribution in [3.8, 4) is 0 Å². The maximum absolute atomic E-state index is 10.8. The van der Waals surface area contributed by atoms with E-state index in [2.05, 4.69) is 34.6 Å². The number of hydrogen-bond acceptors (Lipinski definition) is 1. The predicted octanol–water partition coefficient (Wildman–Crippen LogP) is 5.52. The number of aliphatic hydroxyl groups is 1. The molecule has 4 rings (SSSR count). The van der Waals surface area contributed by atoms with Gasteiger partial charge in [-0.15, -0.1) is 0 Å². The second kappa shape index (κ2) is 6.78. The maximum Gasteiger partial charge on any atom is 0.0599 e. The summed E-state index contributed by atoms with van der Waals surface area (Å²) in [6.45, 7) is 12.6. The first-order valence-electron chi connectivity index (χ1n) is 10.5. The molecule has 135 valence electrons. The quantitative estimate of drug-likeness (QED) is 0.425. The predicted molar refractivity (Wildman–Crippen MR) is 96.0 cm³/mol. The fourth-order valence-corrected chi connectivity index (χ4v) is 8.18. The van der Waals surface area contributed by atoms with Gasteiger partial charge in [-0.2, -0.15) is 0 Å². The number of aliphatic hydroxyl groups excluding tert-OH is 1. The summed E-state index contributed by atoms with van der Waals surface area (Å²) in [6.07, 6.45) is 9.51. The second-order valence-corrected chi connectivity index (χ2v) is 10.7. The van der Waals surface area contributed by atoms with E-state index in [0.717, 1.165) is 41.9 Å². The third-order valence-electron chi connectivity index (χ3n) is 9.82. The van der Waals surface area contributed by atoms with Crippen molar-refractivity contribution in [1.82, 2.24) is 0 Å². The average molecular weight is 546 g/mol. The van der Waals surface area contributed by atoms with Crippen LogP contribution in [0, 0.1) is 96.3 Å². The van der Waals surface area contributed by atoms with Gasteiger partial charge in [-0.05, 0) is 90.8 Å². The normalized spacial score (nSPS) is 59.8. The van der Waals surface area contributed by atoms with Crippen LogP contribution < -0.4 is 0 Å². The van der Waals surface area contributed by atoms with Gasteiger partial charge in [0.25, 0.3) is 0 Å². The second-order valence-electron chi connectivity index (χ2n) is 10.7. The maximum atomic E-state index is 10.8. The minimum absolute atomic E-state index is 0. The Morgan fingerprint density at radius 3 is 2.29 bits per heavy atom. The van der Waals surface area contributed by atoms with Gasteiger partial charge in [0.2, 0.25) is 0 Å². The van der Waals surface area contributed by atoms with E-state index in [-0.39, 0.29) is 55.6 Å². The van der Waals surface area contributed by atoms with Gasteiger partial charge in [0.05, 0.1) is 6.10 Å². The molecule has 0 aromatic carbocycles. The Hall–Kier alpha value is 1.40. The van der Waals surface area contributed by atoms with Gasteiger partial charge >= 0.3 is 0 Å². The number of fused-ring (bicyclic) bond motifs is 5. The summed E-state index contributed by atoms with van der Waals surface area (Å²) in [4.78, 5) is 0.